The van der Waals surface area contributed by atoms with Gasteiger partial charge in [-0.25, -0.2) is 0 Å². The van der Waals surface area contributed by atoms with E-state index in [0.717, 1.165) is 10.0 Å². The van der Waals surface area contributed by atoms with Crippen LogP contribution in [0.3, 0.4) is 0 Å². The zero-order valence-electron chi connectivity index (χ0n) is 9.56. The van der Waals surface area contributed by atoms with E-state index < -0.39 is 0 Å². The molecule has 0 aliphatic rings. The molecule has 0 aromatic heterocycles. The van der Waals surface area contributed by atoms with Crippen LogP contribution in [0.15, 0.2) is 53.0 Å². The number of rotatable bonds is 3. The second-order valence-corrected chi connectivity index (χ2v) is 4.68. The standard InChI is InChI=1S/C14H14BrNO/c1-10(11-6-3-2-4-7-11)17-14-12(15)8-5-9-13(14)16/h2-10H,16H2,1H3. The Morgan fingerprint density at radius 3 is 2.41 bits per heavy atom. The summed E-state index contributed by atoms with van der Waals surface area (Å²) in [7, 11) is 0. The van der Waals surface area contributed by atoms with Gasteiger partial charge in [-0.05, 0) is 40.5 Å². The van der Waals surface area contributed by atoms with Crippen LogP contribution in [0.1, 0.15) is 18.6 Å². The third-order valence-corrected chi connectivity index (χ3v) is 3.19. The van der Waals surface area contributed by atoms with Crippen molar-refractivity contribution in [3.63, 3.8) is 0 Å². The summed E-state index contributed by atoms with van der Waals surface area (Å²) in [5.41, 5.74) is 7.66. The van der Waals surface area contributed by atoms with Crippen molar-refractivity contribution < 1.29 is 4.74 Å². The molecular weight excluding hydrogens is 278 g/mol. The molecule has 0 bridgehead atoms. The first-order valence-electron chi connectivity index (χ1n) is 5.44. The van der Waals surface area contributed by atoms with Crippen LogP contribution >= 0.6 is 15.9 Å². The van der Waals surface area contributed by atoms with Crippen molar-refractivity contribution >= 4 is 21.6 Å². The highest BCUT2D eigenvalue weighted by Gasteiger charge is 2.11. The summed E-state index contributed by atoms with van der Waals surface area (Å²) < 4.78 is 6.77. The van der Waals surface area contributed by atoms with E-state index in [1.54, 1.807) is 0 Å². The van der Waals surface area contributed by atoms with E-state index in [0.29, 0.717) is 11.4 Å². The smallest absolute Gasteiger partial charge is 0.157 e. The van der Waals surface area contributed by atoms with E-state index in [-0.39, 0.29) is 6.10 Å². The van der Waals surface area contributed by atoms with Crippen molar-refractivity contribution in [1.82, 2.24) is 0 Å². The van der Waals surface area contributed by atoms with Crippen molar-refractivity contribution in [2.75, 3.05) is 5.73 Å². The first-order valence-corrected chi connectivity index (χ1v) is 6.23. The van der Waals surface area contributed by atoms with Crippen molar-refractivity contribution in [3.05, 3.63) is 58.6 Å². The van der Waals surface area contributed by atoms with E-state index in [4.69, 9.17) is 10.5 Å². The highest BCUT2D eigenvalue weighted by molar-refractivity contribution is 9.10. The van der Waals surface area contributed by atoms with Crippen molar-refractivity contribution in [3.8, 4) is 5.75 Å². The van der Waals surface area contributed by atoms with Crippen molar-refractivity contribution in [2.24, 2.45) is 0 Å². The first kappa shape index (κ1) is 12.0. The summed E-state index contributed by atoms with van der Waals surface area (Å²) in [4.78, 5) is 0. The number of nitrogens with two attached hydrogens (primary N) is 1. The van der Waals surface area contributed by atoms with Gasteiger partial charge in [0.15, 0.2) is 5.75 Å². The fourth-order valence-corrected chi connectivity index (χ4v) is 2.09. The molecular formula is C14H14BrNO. The number of ether oxygens (including phenoxy) is 1. The first-order chi connectivity index (χ1) is 8.18. The van der Waals surface area contributed by atoms with Gasteiger partial charge in [-0.3, -0.25) is 0 Å². The Balaban J connectivity index is 2.22. The summed E-state index contributed by atoms with van der Waals surface area (Å²) in [6, 6.07) is 15.7. The number of hydrogen-bond donors (Lipinski definition) is 1. The van der Waals surface area contributed by atoms with E-state index >= 15 is 0 Å². The van der Waals surface area contributed by atoms with Crippen LogP contribution in [0.5, 0.6) is 5.75 Å². The van der Waals surface area contributed by atoms with Gasteiger partial charge in [-0.2, -0.15) is 0 Å². The number of nitrogen functional groups attached to an aromatic ring is 1. The summed E-state index contributed by atoms with van der Waals surface area (Å²) in [5, 5.41) is 0. The molecule has 1 atom stereocenters. The SMILES string of the molecule is CC(Oc1c(N)cccc1Br)c1ccccc1. The summed E-state index contributed by atoms with van der Waals surface area (Å²) in [6.45, 7) is 2.01. The molecule has 17 heavy (non-hydrogen) atoms. The van der Waals surface area contributed by atoms with Crippen LogP contribution in [0.4, 0.5) is 5.69 Å². The van der Waals surface area contributed by atoms with Crippen molar-refractivity contribution in [1.29, 1.82) is 0 Å². The Labute approximate surface area is 110 Å². The fraction of sp³-hybridized carbons (Fsp3) is 0.143. The highest BCUT2D eigenvalue weighted by Crippen LogP contribution is 2.34. The maximum absolute atomic E-state index is 5.89. The zero-order valence-corrected chi connectivity index (χ0v) is 11.1. The van der Waals surface area contributed by atoms with E-state index in [1.807, 2.05) is 55.5 Å². The van der Waals surface area contributed by atoms with Gasteiger partial charge in [0.2, 0.25) is 0 Å². The molecule has 0 amide bonds. The molecule has 2 aromatic carbocycles. The average molecular weight is 292 g/mol. The summed E-state index contributed by atoms with van der Waals surface area (Å²) in [5.74, 6) is 0.698. The lowest BCUT2D eigenvalue weighted by molar-refractivity contribution is 0.227. The summed E-state index contributed by atoms with van der Waals surface area (Å²) >= 11 is 3.44. The van der Waals surface area contributed by atoms with Gasteiger partial charge >= 0.3 is 0 Å². The van der Waals surface area contributed by atoms with Crippen LogP contribution in [-0.2, 0) is 0 Å². The molecule has 0 saturated heterocycles. The second-order valence-electron chi connectivity index (χ2n) is 3.83. The Morgan fingerprint density at radius 2 is 1.76 bits per heavy atom. The Kier molecular flexibility index (Phi) is 3.69. The van der Waals surface area contributed by atoms with Crippen LogP contribution < -0.4 is 10.5 Å². The minimum absolute atomic E-state index is 0.0304. The molecule has 2 rings (SSSR count). The van der Waals surface area contributed by atoms with Gasteiger partial charge < -0.3 is 10.5 Å². The Hall–Kier alpha value is -1.48. The van der Waals surface area contributed by atoms with Gasteiger partial charge in [0, 0.05) is 0 Å². The predicted molar refractivity (Wildman–Crippen MR) is 74.0 cm³/mol. The van der Waals surface area contributed by atoms with E-state index in [2.05, 4.69) is 15.9 Å². The number of benzene rings is 2. The zero-order chi connectivity index (χ0) is 12.3. The number of halogens is 1. The maximum Gasteiger partial charge on any atom is 0.157 e. The molecule has 2 nitrogen and oxygen atoms in total. The van der Waals surface area contributed by atoms with Gasteiger partial charge in [-0.1, -0.05) is 36.4 Å². The monoisotopic (exact) mass is 291 g/mol. The molecule has 0 spiro atoms. The normalized spacial score (nSPS) is 12.1. The Morgan fingerprint density at radius 1 is 1.06 bits per heavy atom. The molecule has 1 unspecified atom stereocenters. The van der Waals surface area contributed by atoms with E-state index in [1.165, 1.54) is 0 Å². The van der Waals surface area contributed by atoms with Crippen LogP contribution in [0.2, 0.25) is 0 Å². The fourth-order valence-electron chi connectivity index (χ4n) is 1.62. The van der Waals surface area contributed by atoms with E-state index in [9.17, 15) is 0 Å². The molecule has 0 saturated carbocycles. The lowest BCUT2D eigenvalue weighted by Gasteiger charge is -2.17. The molecule has 88 valence electrons. The van der Waals surface area contributed by atoms with Crippen LogP contribution in [-0.4, -0.2) is 0 Å². The topological polar surface area (TPSA) is 35.2 Å². The molecule has 0 heterocycles. The highest BCUT2D eigenvalue weighted by atomic mass is 79.9. The molecule has 0 aliphatic carbocycles. The van der Waals surface area contributed by atoms with Crippen LogP contribution in [0.25, 0.3) is 0 Å². The molecule has 3 heteroatoms. The largest absolute Gasteiger partial charge is 0.483 e. The second kappa shape index (κ2) is 5.23. The van der Waals surface area contributed by atoms with Gasteiger partial charge in [0.1, 0.15) is 6.10 Å². The molecule has 0 aliphatic heterocycles. The number of hydrogen-bond acceptors (Lipinski definition) is 2. The minimum atomic E-state index is -0.0304. The van der Waals surface area contributed by atoms with Gasteiger partial charge in [-0.15, -0.1) is 0 Å². The van der Waals surface area contributed by atoms with Gasteiger partial charge in [0.25, 0.3) is 0 Å². The van der Waals surface area contributed by atoms with Crippen molar-refractivity contribution in [2.45, 2.75) is 13.0 Å². The lowest BCUT2D eigenvalue weighted by Crippen LogP contribution is -2.05. The summed E-state index contributed by atoms with van der Waals surface area (Å²) in [6.07, 6.45) is -0.0304. The third kappa shape index (κ3) is 2.80. The lowest BCUT2D eigenvalue weighted by atomic mass is 10.1. The molecule has 0 radical (unpaired) electrons. The average Bonchev–Trinajstić information content (AvgIpc) is 2.35. The predicted octanol–water partition coefficient (Wildman–Crippen LogP) is 4.17. The molecule has 0 fully saturated rings. The molecule has 2 N–H and O–H groups in total. The van der Waals surface area contributed by atoms with Gasteiger partial charge in [0.05, 0.1) is 10.2 Å². The molecule has 2 aromatic rings. The van der Waals surface area contributed by atoms with Crippen LogP contribution in [0, 0.1) is 0 Å². The quantitative estimate of drug-likeness (QED) is 0.862. The minimum Gasteiger partial charge on any atom is -0.483 e. The number of para-hydroxylation sites is 1. The maximum atomic E-state index is 5.89. The number of anilines is 1. The third-order valence-electron chi connectivity index (χ3n) is 2.56. The Bertz CT molecular complexity index is 479.